The zero-order chi connectivity index (χ0) is 20.3. The maximum Gasteiger partial charge on any atom is 0.327 e. The van der Waals surface area contributed by atoms with Crippen LogP contribution in [0.5, 0.6) is 0 Å². The van der Waals surface area contributed by atoms with Crippen molar-refractivity contribution in [1.82, 2.24) is 19.9 Å². The van der Waals surface area contributed by atoms with E-state index >= 15 is 0 Å². The summed E-state index contributed by atoms with van der Waals surface area (Å²) in [5.41, 5.74) is 0. The molecule has 1 N–H and O–H groups in total. The third-order valence-electron chi connectivity index (χ3n) is 4.70. The number of carbonyl (C=O) groups excluding carboxylic acids is 2. The average molecular weight is 407 g/mol. The summed E-state index contributed by atoms with van der Waals surface area (Å²) in [5, 5.41) is 3.09. The second-order valence-electron chi connectivity index (χ2n) is 6.58. The molecule has 8 nitrogen and oxygen atoms in total. The predicted molar refractivity (Wildman–Crippen MR) is 103 cm³/mol. The summed E-state index contributed by atoms with van der Waals surface area (Å²) in [6.45, 7) is 4.19. The number of amides is 3. The maximum absolute atomic E-state index is 13.1. The van der Waals surface area contributed by atoms with Crippen LogP contribution in [0.2, 0.25) is 5.02 Å². The molecule has 0 bridgehead atoms. The van der Waals surface area contributed by atoms with E-state index in [0.717, 1.165) is 18.8 Å². The lowest BCUT2D eigenvalue weighted by Gasteiger charge is -2.26. The first kappa shape index (κ1) is 19.9. The standard InChI is InChI=1S/C18H20ClFN6O2/c1-3-11(2)14-9-26(17-22-7-13(20)8-23-17)18(28)25(14)10-16(27)24-15-6-12(19)4-5-21-15/h4-8,11,14H,3,9-10H2,1-2H3,(H,21,24,27)/t11-,14+/m0/s1. The number of hydrogen-bond acceptors (Lipinski definition) is 5. The number of halogens is 2. The number of anilines is 2. The summed E-state index contributed by atoms with van der Waals surface area (Å²) in [7, 11) is 0. The lowest BCUT2D eigenvalue weighted by Crippen LogP contribution is -2.43. The van der Waals surface area contributed by atoms with E-state index in [1.807, 2.05) is 13.8 Å². The molecule has 148 valence electrons. The Morgan fingerprint density at radius 3 is 2.75 bits per heavy atom. The van der Waals surface area contributed by atoms with Gasteiger partial charge in [-0.25, -0.2) is 24.1 Å². The second-order valence-corrected chi connectivity index (χ2v) is 7.02. The van der Waals surface area contributed by atoms with Crippen molar-refractivity contribution in [2.75, 3.05) is 23.3 Å². The van der Waals surface area contributed by atoms with Crippen molar-refractivity contribution in [3.8, 4) is 0 Å². The van der Waals surface area contributed by atoms with Crippen LogP contribution in [-0.2, 0) is 4.79 Å². The molecule has 1 aliphatic rings. The molecule has 10 heteroatoms. The van der Waals surface area contributed by atoms with Gasteiger partial charge in [-0.1, -0.05) is 31.9 Å². The van der Waals surface area contributed by atoms with Crippen LogP contribution >= 0.6 is 11.6 Å². The zero-order valence-electron chi connectivity index (χ0n) is 15.5. The Kier molecular flexibility index (Phi) is 6.03. The van der Waals surface area contributed by atoms with Gasteiger partial charge in [0, 0.05) is 11.2 Å². The van der Waals surface area contributed by atoms with E-state index in [1.54, 1.807) is 6.07 Å². The van der Waals surface area contributed by atoms with Crippen LogP contribution in [0.3, 0.4) is 0 Å². The lowest BCUT2D eigenvalue weighted by atomic mass is 9.99. The van der Waals surface area contributed by atoms with Gasteiger partial charge in [0.1, 0.15) is 12.4 Å². The average Bonchev–Trinajstić information content (AvgIpc) is 2.98. The van der Waals surface area contributed by atoms with Crippen LogP contribution < -0.4 is 10.2 Å². The Morgan fingerprint density at radius 2 is 2.11 bits per heavy atom. The molecule has 1 aliphatic heterocycles. The van der Waals surface area contributed by atoms with E-state index in [1.165, 1.54) is 22.1 Å². The van der Waals surface area contributed by atoms with E-state index in [-0.39, 0.29) is 24.5 Å². The van der Waals surface area contributed by atoms with Crippen molar-refractivity contribution in [3.05, 3.63) is 41.6 Å². The molecule has 2 atom stereocenters. The van der Waals surface area contributed by atoms with Crippen LogP contribution in [0, 0.1) is 11.7 Å². The van der Waals surface area contributed by atoms with Gasteiger partial charge in [0.25, 0.3) is 0 Å². The molecule has 3 amide bonds. The molecule has 1 saturated heterocycles. The normalized spacial score (nSPS) is 17.7. The number of rotatable bonds is 6. The first-order chi connectivity index (χ1) is 13.4. The van der Waals surface area contributed by atoms with E-state index < -0.39 is 17.8 Å². The number of nitrogens with one attached hydrogen (secondary N) is 1. The monoisotopic (exact) mass is 406 g/mol. The molecule has 28 heavy (non-hydrogen) atoms. The molecule has 0 unspecified atom stereocenters. The third-order valence-corrected chi connectivity index (χ3v) is 4.93. The van der Waals surface area contributed by atoms with Gasteiger partial charge in [-0.15, -0.1) is 0 Å². The van der Waals surface area contributed by atoms with Gasteiger partial charge in [0.05, 0.1) is 25.0 Å². The van der Waals surface area contributed by atoms with Gasteiger partial charge < -0.3 is 10.2 Å². The molecule has 1 fully saturated rings. The minimum absolute atomic E-state index is 0.110. The van der Waals surface area contributed by atoms with Crippen LogP contribution in [-0.4, -0.2) is 50.9 Å². The molecular weight excluding hydrogens is 387 g/mol. The molecule has 3 rings (SSSR count). The molecule has 0 saturated carbocycles. The minimum atomic E-state index is -0.584. The molecule has 0 spiro atoms. The fourth-order valence-corrected chi connectivity index (χ4v) is 3.19. The van der Waals surface area contributed by atoms with Crippen LogP contribution in [0.25, 0.3) is 0 Å². The van der Waals surface area contributed by atoms with Crippen LogP contribution in [0.4, 0.5) is 21.0 Å². The van der Waals surface area contributed by atoms with E-state index in [4.69, 9.17) is 11.6 Å². The summed E-state index contributed by atoms with van der Waals surface area (Å²) in [4.78, 5) is 40.1. The zero-order valence-corrected chi connectivity index (χ0v) is 16.2. The fourth-order valence-electron chi connectivity index (χ4n) is 3.03. The highest BCUT2D eigenvalue weighted by atomic mass is 35.5. The maximum atomic E-state index is 13.1. The molecular formula is C18H20ClFN6O2. The number of nitrogens with zero attached hydrogens (tertiary/aromatic N) is 5. The Hall–Kier alpha value is -2.81. The Labute approximate surface area is 166 Å². The van der Waals surface area contributed by atoms with Crippen molar-refractivity contribution in [3.63, 3.8) is 0 Å². The summed E-state index contributed by atoms with van der Waals surface area (Å²) in [6, 6.07) is 2.52. The second kappa shape index (κ2) is 8.47. The number of urea groups is 1. The van der Waals surface area contributed by atoms with E-state index in [0.29, 0.717) is 17.4 Å². The lowest BCUT2D eigenvalue weighted by molar-refractivity contribution is -0.117. The number of pyridine rings is 1. The molecule has 0 aliphatic carbocycles. The molecule has 3 heterocycles. The van der Waals surface area contributed by atoms with Gasteiger partial charge >= 0.3 is 6.03 Å². The van der Waals surface area contributed by atoms with Crippen molar-refractivity contribution in [2.45, 2.75) is 26.3 Å². The van der Waals surface area contributed by atoms with Crippen LogP contribution in [0.1, 0.15) is 20.3 Å². The van der Waals surface area contributed by atoms with Crippen molar-refractivity contribution >= 4 is 35.3 Å². The highest BCUT2D eigenvalue weighted by Gasteiger charge is 2.42. The molecule has 0 radical (unpaired) electrons. The summed E-state index contributed by atoms with van der Waals surface area (Å²) >= 11 is 5.90. The van der Waals surface area contributed by atoms with Crippen molar-refractivity contribution in [2.24, 2.45) is 5.92 Å². The Balaban J connectivity index is 1.77. The minimum Gasteiger partial charge on any atom is -0.310 e. The largest absolute Gasteiger partial charge is 0.327 e. The molecule has 2 aromatic rings. The van der Waals surface area contributed by atoms with E-state index in [9.17, 15) is 14.0 Å². The predicted octanol–water partition coefficient (Wildman–Crippen LogP) is 2.96. The Bertz CT molecular complexity index is 865. The first-order valence-corrected chi connectivity index (χ1v) is 9.24. The number of carbonyl (C=O) groups is 2. The van der Waals surface area contributed by atoms with E-state index in [2.05, 4.69) is 20.3 Å². The van der Waals surface area contributed by atoms with Gasteiger partial charge in [0.15, 0.2) is 5.82 Å². The molecule has 0 aromatic carbocycles. The third kappa shape index (κ3) is 4.36. The topological polar surface area (TPSA) is 91.3 Å². The van der Waals surface area contributed by atoms with Gasteiger partial charge in [-0.2, -0.15) is 0 Å². The number of aromatic nitrogens is 3. The summed E-state index contributed by atoms with van der Waals surface area (Å²) in [5.74, 6) is -0.411. The SMILES string of the molecule is CC[C@H](C)[C@H]1CN(c2ncc(F)cn2)C(=O)N1CC(=O)Nc1cc(Cl)ccn1. The molecule has 2 aromatic heterocycles. The van der Waals surface area contributed by atoms with Crippen LogP contribution in [0.15, 0.2) is 30.7 Å². The number of hydrogen-bond donors (Lipinski definition) is 1. The van der Waals surface area contributed by atoms with Crippen molar-refractivity contribution < 1.29 is 14.0 Å². The summed E-state index contributed by atoms with van der Waals surface area (Å²) < 4.78 is 13.1. The highest BCUT2D eigenvalue weighted by Crippen LogP contribution is 2.26. The fraction of sp³-hybridized carbons (Fsp3) is 0.389. The Morgan fingerprint density at radius 1 is 1.39 bits per heavy atom. The van der Waals surface area contributed by atoms with Gasteiger partial charge in [-0.3, -0.25) is 9.69 Å². The van der Waals surface area contributed by atoms with Gasteiger partial charge in [0.2, 0.25) is 11.9 Å². The van der Waals surface area contributed by atoms with Gasteiger partial charge in [-0.05, 0) is 18.1 Å². The smallest absolute Gasteiger partial charge is 0.310 e. The highest BCUT2D eigenvalue weighted by molar-refractivity contribution is 6.30. The first-order valence-electron chi connectivity index (χ1n) is 8.86. The summed E-state index contributed by atoms with van der Waals surface area (Å²) in [6.07, 6.45) is 4.32. The van der Waals surface area contributed by atoms with Crippen molar-refractivity contribution in [1.29, 1.82) is 0 Å². The quantitative estimate of drug-likeness (QED) is 0.796.